The molecule has 4 rings (SSSR count). The molecule has 1 aliphatic heterocycles. The van der Waals surface area contributed by atoms with Gasteiger partial charge in [0.1, 0.15) is 23.0 Å². The molecule has 0 N–H and O–H groups in total. The lowest BCUT2D eigenvalue weighted by Gasteiger charge is -2.26. The van der Waals surface area contributed by atoms with Crippen LogP contribution in [0.2, 0.25) is 5.02 Å². The molecule has 1 amide bonds. The van der Waals surface area contributed by atoms with Gasteiger partial charge in [-0.2, -0.15) is 4.98 Å². The first-order chi connectivity index (χ1) is 16.1. The molecule has 3 aromatic rings. The minimum absolute atomic E-state index is 0.0505. The van der Waals surface area contributed by atoms with Crippen LogP contribution in [0.5, 0.6) is 11.6 Å². The molecule has 9 nitrogen and oxygen atoms in total. The Morgan fingerprint density at radius 3 is 2.76 bits per heavy atom. The number of hydrogen-bond acceptors (Lipinski definition) is 8. The van der Waals surface area contributed by atoms with E-state index in [0.29, 0.717) is 53.3 Å². The third-order valence-electron chi connectivity index (χ3n) is 4.79. The molecule has 2 aromatic heterocycles. The van der Waals surface area contributed by atoms with E-state index in [1.165, 1.54) is 0 Å². The van der Waals surface area contributed by atoms with Crippen LogP contribution in [0, 0.1) is 0 Å². The van der Waals surface area contributed by atoms with Gasteiger partial charge in [-0.25, -0.2) is 9.78 Å². The first-order valence-corrected chi connectivity index (χ1v) is 11.4. The number of ether oxygens (including phenoxy) is 3. The van der Waals surface area contributed by atoms with Crippen LogP contribution in [0.3, 0.4) is 0 Å². The SMILES string of the molecule is CC(C)Oc1ncc(-c2nc(-c3cccc4c3OCCN(C(=O)OC(C)(C)C)C4)no2)cc1Cl. The Morgan fingerprint density at radius 1 is 1.26 bits per heavy atom. The van der Waals surface area contributed by atoms with Gasteiger partial charge in [-0.3, -0.25) is 0 Å². The molecule has 1 aromatic carbocycles. The summed E-state index contributed by atoms with van der Waals surface area (Å²) in [7, 11) is 0. The van der Waals surface area contributed by atoms with Crippen molar-refractivity contribution in [1.82, 2.24) is 20.0 Å². The number of carbonyl (C=O) groups excluding carboxylic acids is 1. The molecule has 0 fully saturated rings. The van der Waals surface area contributed by atoms with Gasteiger partial charge in [-0.1, -0.05) is 28.9 Å². The number of benzene rings is 1. The number of hydrogen-bond donors (Lipinski definition) is 0. The third-order valence-corrected chi connectivity index (χ3v) is 5.06. The van der Waals surface area contributed by atoms with E-state index in [-0.39, 0.29) is 18.1 Å². The van der Waals surface area contributed by atoms with Crippen LogP contribution < -0.4 is 9.47 Å². The minimum atomic E-state index is -0.577. The molecule has 0 saturated heterocycles. The molecular weight excluding hydrogens is 460 g/mol. The summed E-state index contributed by atoms with van der Waals surface area (Å²) >= 11 is 6.30. The molecule has 0 saturated carbocycles. The number of pyridine rings is 1. The highest BCUT2D eigenvalue weighted by atomic mass is 35.5. The highest BCUT2D eigenvalue weighted by Crippen LogP contribution is 2.35. The number of para-hydroxylation sites is 1. The summed E-state index contributed by atoms with van der Waals surface area (Å²) in [5.41, 5.74) is 1.48. The van der Waals surface area contributed by atoms with Gasteiger partial charge in [0.05, 0.1) is 30.3 Å². The van der Waals surface area contributed by atoms with E-state index in [1.807, 2.05) is 52.8 Å². The highest BCUT2D eigenvalue weighted by molar-refractivity contribution is 6.32. The average molecular weight is 487 g/mol. The van der Waals surface area contributed by atoms with E-state index in [4.69, 9.17) is 30.3 Å². The minimum Gasteiger partial charge on any atom is -0.491 e. The van der Waals surface area contributed by atoms with Gasteiger partial charge >= 0.3 is 6.09 Å². The Bertz CT molecular complexity index is 1190. The van der Waals surface area contributed by atoms with Crippen LogP contribution >= 0.6 is 11.6 Å². The van der Waals surface area contributed by atoms with E-state index >= 15 is 0 Å². The van der Waals surface area contributed by atoms with Crippen molar-refractivity contribution in [2.45, 2.75) is 52.9 Å². The zero-order valence-electron chi connectivity index (χ0n) is 19.8. The zero-order valence-corrected chi connectivity index (χ0v) is 20.5. The molecule has 0 spiro atoms. The lowest BCUT2D eigenvalue weighted by atomic mass is 10.1. The van der Waals surface area contributed by atoms with E-state index in [2.05, 4.69) is 15.1 Å². The van der Waals surface area contributed by atoms with Gasteiger partial charge in [-0.15, -0.1) is 0 Å². The molecule has 0 unspecified atom stereocenters. The maximum absolute atomic E-state index is 12.6. The monoisotopic (exact) mass is 486 g/mol. The van der Waals surface area contributed by atoms with Gasteiger partial charge < -0.3 is 23.6 Å². The second-order valence-electron chi connectivity index (χ2n) is 9.14. The Morgan fingerprint density at radius 2 is 2.06 bits per heavy atom. The first-order valence-electron chi connectivity index (χ1n) is 11.0. The fraction of sp³-hybridized carbons (Fsp3) is 0.417. The Balaban J connectivity index is 1.59. The molecular formula is C24H27ClN4O5. The Hall–Kier alpha value is -3.33. The summed E-state index contributed by atoms with van der Waals surface area (Å²) in [6.45, 7) is 10.4. The van der Waals surface area contributed by atoms with Crippen LogP contribution in [0.15, 0.2) is 35.0 Å². The predicted octanol–water partition coefficient (Wildman–Crippen LogP) is 5.37. The molecule has 0 radical (unpaired) electrons. The van der Waals surface area contributed by atoms with Crippen LogP contribution in [-0.4, -0.2) is 51.0 Å². The summed E-state index contributed by atoms with van der Waals surface area (Å²) in [5, 5.41) is 4.48. The maximum Gasteiger partial charge on any atom is 0.410 e. The zero-order chi connectivity index (χ0) is 24.5. The van der Waals surface area contributed by atoms with Crippen LogP contribution in [0.25, 0.3) is 22.8 Å². The van der Waals surface area contributed by atoms with Gasteiger partial charge in [-0.05, 0) is 46.8 Å². The molecule has 0 bridgehead atoms. The van der Waals surface area contributed by atoms with Crippen molar-refractivity contribution in [3.63, 3.8) is 0 Å². The van der Waals surface area contributed by atoms with Crippen LogP contribution in [0.4, 0.5) is 4.79 Å². The second-order valence-corrected chi connectivity index (χ2v) is 9.55. The Labute approximate surface area is 203 Å². The topological polar surface area (TPSA) is 99.8 Å². The smallest absolute Gasteiger partial charge is 0.410 e. The normalized spacial score (nSPS) is 13.8. The summed E-state index contributed by atoms with van der Waals surface area (Å²) < 4.78 is 22.6. The lowest BCUT2D eigenvalue weighted by molar-refractivity contribution is 0.0225. The maximum atomic E-state index is 12.6. The molecule has 34 heavy (non-hydrogen) atoms. The van der Waals surface area contributed by atoms with Crippen molar-refractivity contribution in [2.24, 2.45) is 0 Å². The molecule has 0 atom stereocenters. The van der Waals surface area contributed by atoms with Gasteiger partial charge in [0.15, 0.2) is 0 Å². The summed E-state index contributed by atoms with van der Waals surface area (Å²) in [5.74, 6) is 1.58. The lowest BCUT2D eigenvalue weighted by Crippen LogP contribution is -2.37. The van der Waals surface area contributed by atoms with Crippen molar-refractivity contribution >= 4 is 17.7 Å². The van der Waals surface area contributed by atoms with E-state index in [0.717, 1.165) is 5.56 Å². The third kappa shape index (κ3) is 5.41. The molecule has 1 aliphatic rings. The number of carbonyl (C=O) groups is 1. The highest BCUT2D eigenvalue weighted by Gasteiger charge is 2.27. The van der Waals surface area contributed by atoms with Gasteiger partial charge in [0.25, 0.3) is 5.89 Å². The molecule has 0 aliphatic carbocycles. The number of nitrogens with zero attached hydrogens (tertiary/aromatic N) is 4. The number of aromatic nitrogens is 3. The predicted molar refractivity (Wildman–Crippen MR) is 126 cm³/mol. The van der Waals surface area contributed by atoms with Crippen LogP contribution in [0.1, 0.15) is 40.2 Å². The average Bonchev–Trinajstić information content (AvgIpc) is 3.13. The van der Waals surface area contributed by atoms with Crippen molar-refractivity contribution in [3.8, 4) is 34.5 Å². The fourth-order valence-electron chi connectivity index (χ4n) is 3.38. The van der Waals surface area contributed by atoms with Crippen molar-refractivity contribution in [2.75, 3.05) is 13.2 Å². The van der Waals surface area contributed by atoms with E-state index < -0.39 is 5.60 Å². The second kappa shape index (κ2) is 9.50. The fourth-order valence-corrected chi connectivity index (χ4v) is 3.59. The molecule has 180 valence electrons. The number of amides is 1. The van der Waals surface area contributed by atoms with Gasteiger partial charge in [0.2, 0.25) is 11.7 Å². The number of fused-ring (bicyclic) bond motifs is 1. The first kappa shape index (κ1) is 23.8. The van der Waals surface area contributed by atoms with Crippen molar-refractivity contribution in [3.05, 3.63) is 41.0 Å². The largest absolute Gasteiger partial charge is 0.491 e. The quantitative estimate of drug-likeness (QED) is 0.485. The summed E-state index contributed by atoms with van der Waals surface area (Å²) in [4.78, 5) is 23.0. The van der Waals surface area contributed by atoms with Gasteiger partial charge in [0, 0.05) is 11.8 Å². The number of rotatable bonds is 4. The standard InChI is InChI=1S/C24H27ClN4O5/c1-14(2)32-22-18(25)11-16(12-26-22)21-27-20(28-34-21)17-8-6-7-15-13-29(9-10-31-19(15)17)23(30)33-24(3,4)5/h6-8,11-12,14H,9-10,13H2,1-5H3. The summed E-state index contributed by atoms with van der Waals surface area (Å²) in [6.07, 6.45) is 1.14. The summed E-state index contributed by atoms with van der Waals surface area (Å²) in [6, 6.07) is 7.29. The molecule has 10 heteroatoms. The number of halogens is 1. The van der Waals surface area contributed by atoms with Crippen molar-refractivity contribution in [1.29, 1.82) is 0 Å². The molecule has 3 heterocycles. The van der Waals surface area contributed by atoms with Crippen molar-refractivity contribution < 1.29 is 23.5 Å². The van der Waals surface area contributed by atoms with E-state index in [1.54, 1.807) is 17.2 Å². The Kier molecular flexibility index (Phi) is 6.65. The van der Waals surface area contributed by atoms with E-state index in [9.17, 15) is 4.79 Å². The van der Waals surface area contributed by atoms with Crippen LogP contribution in [-0.2, 0) is 11.3 Å².